The highest BCUT2D eigenvalue weighted by molar-refractivity contribution is 6.42. The molecule has 0 saturated carbocycles. The first-order valence-electron chi connectivity index (χ1n) is 7.63. The van der Waals surface area contributed by atoms with Gasteiger partial charge in [0.2, 0.25) is 5.78 Å². The van der Waals surface area contributed by atoms with Crippen LogP contribution in [0.5, 0.6) is 0 Å². The number of hydrogen-bond acceptors (Lipinski definition) is 4. The molecule has 0 unspecified atom stereocenters. The summed E-state index contributed by atoms with van der Waals surface area (Å²) in [6.45, 7) is 2.76. The zero-order valence-electron chi connectivity index (χ0n) is 14.2. The smallest absolute Gasteiger partial charge is 0.435 e. The van der Waals surface area contributed by atoms with Crippen molar-refractivity contribution in [2.45, 2.75) is 20.0 Å². The van der Waals surface area contributed by atoms with Gasteiger partial charge in [0.05, 0.1) is 26.9 Å². The van der Waals surface area contributed by atoms with Crippen LogP contribution >= 0.6 is 23.2 Å². The van der Waals surface area contributed by atoms with Gasteiger partial charge in [-0.1, -0.05) is 23.2 Å². The van der Waals surface area contributed by atoms with Gasteiger partial charge in [-0.3, -0.25) is 4.79 Å². The number of carbonyl (C=O) groups is 2. The molecule has 0 aliphatic carbocycles. The van der Waals surface area contributed by atoms with Gasteiger partial charge in [-0.05, 0) is 37.6 Å². The Balaban J connectivity index is 2.24. The normalized spacial score (nSPS) is 11.8. The average molecular weight is 432 g/mol. The summed E-state index contributed by atoms with van der Waals surface area (Å²) in [6.07, 6.45) is -4.68. The van der Waals surface area contributed by atoms with Crippen LogP contribution < -0.4 is 0 Å². The third-order valence-electron chi connectivity index (χ3n) is 4.05. The third kappa shape index (κ3) is 3.20. The lowest BCUT2D eigenvalue weighted by atomic mass is 10.0. The number of halogens is 5. The summed E-state index contributed by atoms with van der Waals surface area (Å²) in [5.74, 6) is -2.19. The van der Waals surface area contributed by atoms with Crippen molar-refractivity contribution in [3.8, 4) is 0 Å². The van der Waals surface area contributed by atoms with Crippen LogP contribution in [0.3, 0.4) is 0 Å². The number of aromatic carboxylic acids is 1. The first-order chi connectivity index (χ1) is 12.9. The van der Waals surface area contributed by atoms with Gasteiger partial charge >= 0.3 is 12.1 Å². The molecule has 0 atom stereocenters. The van der Waals surface area contributed by atoms with Crippen molar-refractivity contribution in [3.63, 3.8) is 0 Å². The molecule has 0 amide bonds. The lowest BCUT2D eigenvalue weighted by Crippen LogP contribution is -2.12. The summed E-state index contributed by atoms with van der Waals surface area (Å²) in [5, 5.41) is 12.2. The molecule has 3 aromatic rings. The Morgan fingerprint density at radius 2 is 1.82 bits per heavy atom. The molecule has 6 nitrogen and oxygen atoms in total. The second-order valence-corrected chi connectivity index (χ2v) is 6.69. The highest BCUT2D eigenvalue weighted by Crippen LogP contribution is 2.32. The van der Waals surface area contributed by atoms with Crippen LogP contribution in [0.15, 0.2) is 18.2 Å². The average Bonchev–Trinajstić information content (AvgIpc) is 2.91. The standard InChI is InChI=1S/C17H10Cl2F3N3O3/c1-6-5-10(17(20,21)22)24-25-7(2)13(23-15(6)25)14(26)11-9(18)4-3-8(12(11)19)16(27)28/h3-5H,1-2H3,(H,27,28). The Kier molecular flexibility index (Phi) is 4.84. The van der Waals surface area contributed by atoms with Gasteiger partial charge in [0.1, 0.15) is 5.69 Å². The molecule has 0 radical (unpaired) electrons. The molecule has 146 valence electrons. The summed E-state index contributed by atoms with van der Waals surface area (Å²) in [4.78, 5) is 28.3. The predicted octanol–water partition coefficient (Wildman–Crippen LogP) is 4.60. The maximum Gasteiger partial charge on any atom is 0.435 e. The number of hydrogen-bond donors (Lipinski definition) is 1. The molecule has 11 heteroatoms. The fourth-order valence-electron chi connectivity index (χ4n) is 2.67. The molecular weight excluding hydrogens is 422 g/mol. The SMILES string of the molecule is Cc1cc(C(F)(F)F)nn2c(C)c(C(=O)c3c(Cl)ccc(C(=O)O)c3Cl)nc12. The van der Waals surface area contributed by atoms with Crippen molar-refractivity contribution in [1.82, 2.24) is 14.6 Å². The van der Waals surface area contributed by atoms with E-state index in [9.17, 15) is 27.9 Å². The highest BCUT2D eigenvalue weighted by atomic mass is 35.5. The van der Waals surface area contributed by atoms with Crippen molar-refractivity contribution in [2.24, 2.45) is 0 Å². The molecule has 0 spiro atoms. The van der Waals surface area contributed by atoms with Gasteiger partial charge in [-0.15, -0.1) is 0 Å². The van der Waals surface area contributed by atoms with Gasteiger partial charge in [-0.2, -0.15) is 18.3 Å². The van der Waals surface area contributed by atoms with Crippen LogP contribution in [-0.4, -0.2) is 31.5 Å². The zero-order chi connectivity index (χ0) is 21.0. The molecule has 2 heterocycles. The number of aromatic nitrogens is 3. The topological polar surface area (TPSA) is 84.6 Å². The Morgan fingerprint density at radius 1 is 1.18 bits per heavy atom. The summed E-state index contributed by atoms with van der Waals surface area (Å²) in [5.41, 5.74) is -1.78. The van der Waals surface area contributed by atoms with Gasteiger partial charge in [0.15, 0.2) is 11.3 Å². The van der Waals surface area contributed by atoms with Crippen molar-refractivity contribution >= 4 is 40.6 Å². The minimum atomic E-state index is -4.68. The summed E-state index contributed by atoms with van der Waals surface area (Å²) in [6, 6.07) is 3.16. The molecule has 28 heavy (non-hydrogen) atoms. The molecule has 0 aliphatic heterocycles. The van der Waals surface area contributed by atoms with Gasteiger partial charge in [-0.25, -0.2) is 14.3 Å². The van der Waals surface area contributed by atoms with Crippen molar-refractivity contribution in [1.29, 1.82) is 0 Å². The fraction of sp³-hybridized carbons (Fsp3) is 0.176. The van der Waals surface area contributed by atoms with E-state index in [1.54, 1.807) is 0 Å². The van der Waals surface area contributed by atoms with Crippen molar-refractivity contribution in [2.75, 3.05) is 0 Å². The zero-order valence-corrected chi connectivity index (χ0v) is 15.7. The monoisotopic (exact) mass is 431 g/mol. The van der Waals surface area contributed by atoms with Gasteiger partial charge in [0.25, 0.3) is 0 Å². The van der Waals surface area contributed by atoms with E-state index in [-0.39, 0.29) is 43.8 Å². The minimum Gasteiger partial charge on any atom is -0.478 e. The maximum atomic E-state index is 13.0. The first kappa shape index (κ1) is 20.1. The largest absolute Gasteiger partial charge is 0.478 e. The minimum absolute atomic E-state index is 0.0297. The number of carbonyl (C=O) groups excluding carboxylic acids is 1. The number of rotatable bonds is 3. The van der Waals surface area contributed by atoms with E-state index < -0.39 is 23.6 Å². The maximum absolute atomic E-state index is 13.0. The lowest BCUT2D eigenvalue weighted by Gasteiger charge is -2.08. The molecule has 3 rings (SSSR count). The number of carboxylic acid groups (broad SMARTS) is 1. The van der Waals surface area contributed by atoms with Crippen LogP contribution in [0.1, 0.15) is 43.4 Å². The number of nitrogens with zero attached hydrogens (tertiary/aromatic N) is 3. The Hall–Kier alpha value is -2.65. The Bertz CT molecular complexity index is 1160. The van der Waals surface area contributed by atoms with Gasteiger partial charge < -0.3 is 5.11 Å². The van der Waals surface area contributed by atoms with Crippen molar-refractivity contribution < 1.29 is 27.9 Å². The van der Waals surface area contributed by atoms with Crippen LogP contribution in [-0.2, 0) is 6.18 Å². The number of imidazole rings is 1. The quantitative estimate of drug-likeness (QED) is 0.612. The molecule has 0 fully saturated rings. The van der Waals surface area contributed by atoms with E-state index in [4.69, 9.17) is 23.2 Å². The predicted molar refractivity (Wildman–Crippen MR) is 94.3 cm³/mol. The number of carboxylic acids is 1. The third-order valence-corrected chi connectivity index (χ3v) is 4.75. The molecule has 0 saturated heterocycles. The van der Waals surface area contributed by atoms with Crippen LogP contribution in [0.25, 0.3) is 5.65 Å². The number of aryl methyl sites for hydroxylation is 2. The molecule has 0 bridgehead atoms. The summed E-state index contributed by atoms with van der Waals surface area (Å²) >= 11 is 12.1. The number of ketones is 1. The Morgan fingerprint density at radius 3 is 2.39 bits per heavy atom. The molecular formula is C17H10Cl2F3N3O3. The van der Waals surface area contributed by atoms with E-state index in [1.807, 2.05) is 0 Å². The second kappa shape index (κ2) is 6.75. The summed E-state index contributed by atoms with van der Waals surface area (Å²) < 4.78 is 40.0. The first-order valence-corrected chi connectivity index (χ1v) is 8.39. The fourth-order valence-corrected chi connectivity index (χ4v) is 3.30. The van der Waals surface area contributed by atoms with E-state index in [1.165, 1.54) is 19.9 Å². The lowest BCUT2D eigenvalue weighted by molar-refractivity contribution is -0.141. The highest BCUT2D eigenvalue weighted by Gasteiger charge is 2.34. The second-order valence-electron chi connectivity index (χ2n) is 5.91. The van der Waals surface area contributed by atoms with Crippen molar-refractivity contribution in [3.05, 3.63) is 62.0 Å². The molecule has 2 aromatic heterocycles. The van der Waals surface area contributed by atoms with Crippen LogP contribution in [0, 0.1) is 13.8 Å². The molecule has 0 aliphatic rings. The summed E-state index contributed by atoms with van der Waals surface area (Å²) in [7, 11) is 0. The molecule has 1 N–H and O–H groups in total. The van der Waals surface area contributed by atoms with Crippen LogP contribution in [0.2, 0.25) is 10.0 Å². The number of alkyl halides is 3. The van der Waals surface area contributed by atoms with E-state index >= 15 is 0 Å². The Labute approximate surface area is 165 Å². The van der Waals surface area contributed by atoms with E-state index in [0.717, 1.165) is 16.6 Å². The van der Waals surface area contributed by atoms with Crippen LogP contribution in [0.4, 0.5) is 13.2 Å². The number of fused-ring (bicyclic) bond motifs is 1. The molecule has 1 aromatic carbocycles. The van der Waals surface area contributed by atoms with E-state index in [2.05, 4.69) is 10.1 Å². The van der Waals surface area contributed by atoms with Gasteiger partial charge in [0, 0.05) is 0 Å². The van der Waals surface area contributed by atoms with E-state index in [0.29, 0.717) is 0 Å². The number of benzene rings is 1.